The Morgan fingerprint density at radius 1 is 1.25 bits per heavy atom. The molecule has 0 saturated carbocycles. The molecule has 120 valence electrons. The molecule has 2 aromatic heterocycles. The van der Waals surface area contributed by atoms with E-state index >= 15 is 0 Å². The number of hydrogen-bond donors (Lipinski definition) is 1. The maximum atomic E-state index is 12.0. The van der Waals surface area contributed by atoms with Gasteiger partial charge in [-0.3, -0.25) is 9.78 Å². The van der Waals surface area contributed by atoms with Crippen LogP contribution in [0.15, 0.2) is 61.1 Å². The minimum absolute atomic E-state index is 0.247. The number of carbonyl (C=O) groups excluding carboxylic acids is 1. The summed E-state index contributed by atoms with van der Waals surface area (Å²) in [5, 5.41) is 7.84. The molecule has 0 aliphatic heterocycles. The lowest BCUT2D eigenvalue weighted by atomic mass is 10.2. The van der Waals surface area contributed by atoms with Crippen molar-refractivity contribution < 1.29 is 4.79 Å². The number of halogens is 1. The molecule has 0 atom stereocenters. The quantitative estimate of drug-likeness (QED) is 0.734. The molecule has 6 heteroatoms. The summed E-state index contributed by atoms with van der Waals surface area (Å²) in [7, 11) is 0. The second-order valence-electron chi connectivity index (χ2n) is 5.19. The van der Waals surface area contributed by atoms with Crippen molar-refractivity contribution in [3.63, 3.8) is 0 Å². The number of carbonyl (C=O) groups is 1. The van der Waals surface area contributed by atoms with Gasteiger partial charge in [-0.15, -0.1) is 5.10 Å². The molecule has 0 saturated heterocycles. The van der Waals surface area contributed by atoms with Crippen molar-refractivity contribution in [2.45, 2.75) is 6.92 Å². The fourth-order valence-corrected chi connectivity index (χ4v) is 2.24. The molecular formula is C18H15ClN4O. The van der Waals surface area contributed by atoms with Gasteiger partial charge in [-0.05, 0) is 48.9 Å². The lowest BCUT2D eigenvalue weighted by molar-refractivity contribution is -0.111. The Kier molecular flexibility index (Phi) is 4.72. The van der Waals surface area contributed by atoms with Crippen LogP contribution in [0, 0.1) is 6.92 Å². The molecule has 0 spiro atoms. The molecule has 0 aliphatic carbocycles. The highest BCUT2D eigenvalue weighted by molar-refractivity contribution is 6.30. The van der Waals surface area contributed by atoms with Gasteiger partial charge in [0.25, 0.3) is 0 Å². The number of aromatic nitrogens is 3. The Morgan fingerprint density at radius 3 is 2.75 bits per heavy atom. The van der Waals surface area contributed by atoms with Gasteiger partial charge in [-0.1, -0.05) is 17.7 Å². The standard InChI is InChI=1S/C18H15ClN4O/c1-13-12-23(16-7-5-15(19)6-8-16)22-18(13)21-17(24)9-4-14-3-2-10-20-11-14/h2-12H,1H3,(H,21,22,24)/b9-4+. The van der Waals surface area contributed by atoms with E-state index in [0.29, 0.717) is 10.8 Å². The van der Waals surface area contributed by atoms with Crippen molar-refractivity contribution in [3.8, 4) is 5.69 Å². The van der Waals surface area contributed by atoms with Gasteiger partial charge in [0.15, 0.2) is 5.82 Å². The van der Waals surface area contributed by atoms with Crippen LogP contribution in [0.4, 0.5) is 5.82 Å². The van der Waals surface area contributed by atoms with E-state index in [1.54, 1.807) is 35.3 Å². The van der Waals surface area contributed by atoms with Crippen LogP contribution in [0.2, 0.25) is 5.02 Å². The number of hydrogen-bond acceptors (Lipinski definition) is 3. The minimum atomic E-state index is -0.247. The van der Waals surface area contributed by atoms with E-state index in [0.717, 1.165) is 16.8 Å². The number of rotatable bonds is 4. The number of nitrogens with one attached hydrogen (secondary N) is 1. The predicted molar refractivity (Wildman–Crippen MR) is 95.2 cm³/mol. The average molecular weight is 339 g/mol. The first-order valence-electron chi connectivity index (χ1n) is 7.33. The maximum Gasteiger partial charge on any atom is 0.249 e. The smallest absolute Gasteiger partial charge is 0.249 e. The molecule has 0 fully saturated rings. The summed E-state index contributed by atoms with van der Waals surface area (Å²) in [6, 6.07) is 11.0. The topological polar surface area (TPSA) is 59.8 Å². The van der Waals surface area contributed by atoms with Gasteiger partial charge in [0.2, 0.25) is 5.91 Å². The Bertz CT molecular complexity index is 870. The fraction of sp³-hybridized carbons (Fsp3) is 0.0556. The normalized spacial score (nSPS) is 10.9. The molecule has 0 radical (unpaired) electrons. The zero-order valence-corrected chi connectivity index (χ0v) is 13.7. The highest BCUT2D eigenvalue weighted by Gasteiger charge is 2.08. The largest absolute Gasteiger partial charge is 0.305 e. The van der Waals surface area contributed by atoms with E-state index in [1.807, 2.05) is 37.4 Å². The number of aryl methyl sites for hydroxylation is 1. The van der Waals surface area contributed by atoms with Crippen molar-refractivity contribution in [1.29, 1.82) is 0 Å². The van der Waals surface area contributed by atoms with Crippen LogP contribution in [0.1, 0.15) is 11.1 Å². The average Bonchev–Trinajstić information content (AvgIpc) is 2.95. The van der Waals surface area contributed by atoms with E-state index in [2.05, 4.69) is 15.4 Å². The third-order valence-electron chi connectivity index (χ3n) is 3.34. The lowest BCUT2D eigenvalue weighted by Crippen LogP contribution is -2.09. The highest BCUT2D eigenvalue weighted by atomic mass is 35.5. The fourth-order valence-electron chi connectivity index (χ4n) is 2.11. The molecule has 0 aliphatic rings. The van der Waals surface area contributed by atoms with Crippen LogP contribution in [-0.2, 0) is 4.79 Å². The number of benzene rings is 1. The minimum Gasteiger partial charge on any atom is -0.305 e. The molecule has 3 aromatic rings. The summed E-state index contributed by atoms with van der Waals surface area (Å²) < 4.78 is 1.70. The third-order valence-corrected chi connectivity index (χ3v) is 3.59. The molecule has 1 amide bonds. The van der Waals surface area contributed by atoms with Crippen molar-refractivity contribution in [2.75, 3.05) is 5.32 Å². The summed E-state index contributed by atoms with van der Waals surface area (Å²) in [6.45, 7) is 1.89. The Hall–Kier alpha value is -2.92. The molecule has 24 heavy (non-hydrogen) atoms. The number of amides is 1. The molecule has 1 aromatic carbocycles. The molecule has 1 N–H and O–H groups in total. The highest BCUT2D eigenvalue weighted by Crippen LogP contribution is 2.17. The molecule has 5 nitrogen and oxygen atoms in total. The zero-order chi connectivity index (χ0) is 16.9. The van der Waals surface area contributed by atoms with Gasteiger partial charge in [0.1, 0.15) is 0 Å². The maximum absolute atomic E-state index is 12.0. The van der Waals surface area contributed by atoms with Gasteiger partial charge in [-0.2, -0.15) is 0 Å². The first-order chi connectivity index (χ1) is 11.6. The Labute approximate surface area is 144 Å². The van der Waals surface area contributed by atoms with E-state index in [1.165, 1.54) is 6.08 Å². The summed E-state index contributed by atoms with van der Waals surface area (Å²) in [6.07, 6.45) is 8.38. The summed E-state index contributed by atoms with van der Waals surface area (Å²) in [4.78, 5) is 16.0. The van der Waals surface area contributed by atoms with E-state index < -0.39 is 0 Å². The third kappa shape index (κ3) is 3.88. The van der Waals surface area contributed by atoms with E-state index in [4.69, 9.17) is 11.6 Å². The number of nitrogens with zero attached hydrogens (tertiary/aromatic N) is 3. The van der Waals surface area contributed by atoms with Crippen LogP contribution < -0.4 is 5.32 Å². The van der Waals surface area contributed by atoms with Crippen molar-refractivity contribution in [3.05, 3.63) is 77.2 Å². The molecule has 0 bridgehead atoms. The van der Waals surface area contributed by atoms with Gasteiger partial charge in [-0.25, -0.2) is 4.68 Å². The molecule has 0 unspecified atom stereocenters. The van der Waals surface area contributed by atoms with Gasteiger partial charge < -0.3 is 5.32 Å². The zero-order valence-electron chi connectivity index (χ0n) is 13.0. The Morgan fingerprint density at radius 2 is 2.04 bits per heavy atom. The second-order valence-corrected chi connectivity index (χ2v) is 5.63. The first kappa shape index (κ1) is 16.0. The van der Waals surface area contributed by atoms with Crippen LogP contribution in [-0.4, -0.2) is 20.7 Å². The molecule has 3 rings (SSSR count). The predicted octanol–water partition coefficient (Wildman–Crippen LogP) is 3.88. The van der Waals surface area contributed by atoms with Gasteiger partial charge in [0.05, 0.1) is 5.69 Å². The van der Waals surface area contributed by atoms with Crippen LogP contribution >= 0.6 is 11.6 Å². The van der Waals surface area contributed by atoms with Crippen molar-refractivity contribution in [2.24, 2.45) is 0 Å². The van der Waals surface area contributed by atoms with E-state index in [-0.39, 0.29) is 5.91 Å². The second kappa shape index (κ2) is 7.10. The summed E-state index contributed by atoms with van der Waals surface area (Å²) in [5.41, 5.74) is 2.60. The van der Waals surface area contributed by atoms with Crippen molar-refractivity contribution in [1.82, 2.24) is 14.8 Å². The van der Waals surface area contributed by atoms with Crippen molar-refractivity contribution >= 4 is 29.4 Å². The number of pyridine rings is 1. The van der Waals surface area contributed by atoms with Gasteiger partial charge >= 0.3 is 0 Å². The SMILES string of the molecule is Cc1cn(-c2ccc(Cl)cc2)nc1NC(=O)/C=C/c1cccnc1. The Balaban J connectivity index is 1.72. The van der Waals surface area contributed by atoms with Crippen LogP contribution in [0.3, 0.4) is 0 Å². The lowest BCUT2D eigenvalue weighted by Gasteiger charge is -2.01. The van der Waals surface area contributed by atoms with E-state index in [9.17, 15) is 4.79 Å². The van der Waals surface area contributed by atoms with Crippen LogP contribution in [0.5, 0.6) is 0 Å². The van der Waals surface area contributed by atoms with Gasteiger partial charge in [0, 0.05) is 35.3 Å². The monoisotopic (exact) mass is 338 g/mol. The number of anilines is 1. The molecular weight excluding hydrogens is 324 g/mol. The summed E-state index contributed by atoms with van der Waals surface area (Å²) >= 11 is 5.89. The van der Waals surface area contributed by atoms with Crippen LogP contribution in [0.25, 0.3) is 11.8 Å². The first-order valence-corrected chi connectivity index (χ1v) is 7.71. The molecule has 2 heterocycles. The summed E-state index contributed by atoms with van der Waals surface area (Å²) in [5.74, 6) is 0.272.